The first-order chi connectivity index (χ1) is 13.3. The summed E-state index contributed by atoms with van der Waals surface area (Å²) in [7, 11) is 0. The summed E-state index contributed by atoms with van der Waals surface area (Å²) in [5.74, 6) is 2.46. The van der Waals surface area contributed by atoms with Crippen LogP contribution < -0.4 is 14.8 Å². The maximum atomic E-state index is 9.73. The Balaban J connectivity index is 1.42. The fourth-order valence-corrected chi connectivity index (χ4v) is 3.07. The van der Waals surface area contributed by atoms with Gasteiger partial charge in [0.1, 0.15) is 11.6 Å². The molecule has 7 heteroatoms. The minimum atomic E-state index is 0.208. The molecule has 4 aromatic rings. The van der Waals surface area contributed by atoms with E-state index < -0.39 is 0 Å². The van der Waals surface area contributed by atoms with Gasteiger partial charge in [-0.3, -0.25) is 0 Å². The van der Waals surface area contributed by atoms with Gasteiger partial charge >= 0.3 is 0 Å². The van der Waals surface area contributed by atoms with Crippen molar-refractivity contribution in [2.24, 2.45) is 0 Å². The van der Waals surface area contributed by atoms with Gasteiger partial charge < -0.3 is 19.9 Å². The van der Waals surface area contributed by atoms with Crippen LogP contribution in [0.15, 0.2) is 60.8 Å². The van der Waals surface area contributed by atoms with Gasteiger partial charge in [-0.05, 0) is 42.0 Å². The number of phenols is 1. The minimum Gasteiger partial charge on any atom is -0.508 e. The minimum absolute atomic E-state index is 0.208. The largest absolute Gasteiger partial charge is 0.508 e. The van der Waals surface area contributed by atoms with Crippen LogP contribution in [0.25, 0.3) is 16.9 Å². The molecule has 0 bridgehead atoms. The Bertz CT molecular complexity index is 1140. The highest BCUT2D eigenvalue weighted by Gasteiger charge is 2.13. The first kappa shape index (κ1) is 15.5. The lowest BCUT2D eigenvalue weighted by Crippen LogP contribution is -2.04. The zero-order valence-corrected chi connectivity index (χ0v) is 14.3. The Morgan fingerprint density at radius 1 is 1.04 bits per heavy atom. The zero-order chi connectivity index (χ0) is 18.2. The van der Waals surface area contributed by atoms with E-state index >= 15 is 0 Å². The van der Waals surface area contributed by atoms with E-state index in [1.165, 1.54) is 0 Å². The van der Waals surface area contributed by atoms with Gasteiger partial charge in [-0.15, -0.1) is 5.10 Å². The van der Waals surface area contributed by atoms with E-state index in [4.69, 9.17) is 9.47 Å². The lowest BCUT2D eigenvalue weighted by atomic mass is 10.1. The fraction of sp³-hybridized carbons (Fsp3) is 0.100. The number of imidazole rings is 1. The molecule has 2 aromatic heterocycles. The number of aromatic hydroxyl groups is 1. The van der Waals surface area contributed by atoms with Crippen molar-refractivity contribution < 1.29 is 14.6 Å². The highest BCUT2D eigenvalue weighted by molar-refractivity contribution is 5.65. The van der Waals surface area contributed by atoms with Crippen LogP contribution in [-0.2, 0) is 6.54 Å². The van der Waals surface area contributed by atoms with E-state index in [0.29, 0.717) is 6.54 Å². The maximum Gasteiger partial charge on any atom is 0.231 e. The first-order valence-corrected chi connectivity index (χ1v) is 8.53. The van der Waals surface area contributed by atoms with Crippen molar-refractivity contribution in [2.45, 2.75) is 6.54 Å². The predicted octanol–water partition coefficient (Wildman–Crippen LogP) is 3.44. The zero-order valence-electron chi connectivity index (χ0n) is 14.3. The average Bonchev–Trinajstić information content (AvgIpc) is 3.32. The van der Waals surface area contributed by atoms with Crippen molar-refractivity contribution in [2.75, 3.05) is 12.1 Å². The van der Waals surface area contributed by atoms with Gasteiger partial charge in [0.15, 0.2) is 17.1 Å². The molecule has 0 fully saturated rings. The van der Waals surface area contributed by atoms with Crippen molar-refractivity contribution in [1.82, 2.24) is 14.6 Å². The molecule has 2 aromatic carbocycles. The molecule has 0 saturated carbocycles. The summed E-state index contributed by atoms with van der Waals surface area (Å²) in [4.78, 5) is 4.38. The molecule has 3 heterocycles. The van der Waals surface area contributed by atoms with Crippen molar-refractivity contribution in [3.63, 3.8) is 0 Å². The number of hydrogen-bond acceptors (Lipinski definition) is 6. The number of hydrogen-bond donors (Lipinski definition) is 2. The highest BCUT2D eigenvalue weighted by Crippen LogP contribution is 2.32. The second kappa shape index (κ2) is 6.21. The number of nitrogens with zero attached hydrogens (tertiary/aromatic N) is 3. The van der Waals surface area contributed by atoms with Gasteiger partial charge in [0.25, 0.3) is 0 Å². The van der Waals surface area contributed by atoms with Gasteiger partial charge in [-0.25, -0.2) is 9.50 Å². The van der Waals surface area contributed by atoms with Crippen LogP contribution in [0, 0.1) is 0 Å². The smallest absolute Gasteiger partial charge is 0.231 e. The Hall–Kier alpha value is -3.74. The average molecular weight is 360 g/mol. The molecule has 0 amide bonds. The Kier molecular flexibility index (Phi) is 3.57. The van der Waals surface area contributed by atoms with Gasteiger partial charge in [0.05, 0.1) is 11.9 Å². The third kappa shape index (κ3) is 2.89. The van der Waals surface area contributed by atoms with E-state index in [1.54, 1.807) is 28.9 Å². The van der Waals surface area contributed by atoms with Gasteiger partial charge in [-0.2, -0.15) is 0 Å². The number of phenolic OH excluding ortho intramolecular Hbond substituents is 1. The molecule has 27 heavy (non-hydrogen) atoms. The monoisotopic (exact) mass is 360 g/mol. The molecule has 7 nitrogen and oxygen atoms in total. The number of rotatable bonds is 4. The van der Waals surface area contributed by atoms with Crippen LogP contribution in [0.3, 0.4) is 0 Å². The normalized spacial score (nSPS) is 12.4. The molecule has 2 N–H and O–H groups in total. The van der Waals surface area contributed by atoms with E-state index in [9.17, 15) is 5.11 Å². The van der Waals surface area contributed by atoms with E-state index in [-0.39, 0.29) is 12.5 Å². The molecular weight excluding hydrogens is 344 g/mol. The molecule has 1 aliphatic rings. The standard InChI is InChI=1S/C20H16N4O3/c25-15-3-1-2-14(9-15)16-11-22-20-7-6-19(23-24(16)20)21-10-13-4-5-17-18(8-13)27-12-26-17/h1-9,11,25H,10,12H2,(H,21,23). The topological polar surface area (TPSA) is 80.9 Å². The van der Waals surface area contributed by atoms with E-state index in [0.717, 1.165) is 39.8 Å². The van der Waals surface area contributed by atoms with Crippen LogP contribution in [0.2, 0.25) is 0 Å². The molecule has 0 unspecified atom stereocenters. The van der Waals surface area contributed by atoms with Crippen molar-refractivity contribution in [3.05, 3.63) is 66.4 Å². The van der Waals surface area contributed by atoms with Gasteiger partial charge in [0.2, 0.25) is 6.79 Å². The molecule has 1 aliphatic heterocycles. The maximum absolute atomic E-state index is 9.73. The number of ether oxygens (including phenoxy) is 2. The SMILES string of the molecule is Oc1cccc(-c2cnc3ccc(NCc4ccc5c(c4)OCO5)nn23)c1. The Labute approximate surface area is 154 Å². The first-order valence-electron chi connectivity index (χ1n) is 8.53. The van der Waals surface area contributed by atoms with Crippen molar-refractivity contribution in [3.8, 4) is 28.5 Å². The molecule has 5 rings (SSSR count). The lowest BCUT2D eigenvalue weighted by molar-refractivity contribution is 0.174. The molecule has 0 radical (unpaired) electrons. The summed E-state index contributed by atoms with van der Waals surface area (Å²) in [5.41, 5.74) is 3.47. The molecule has 0 saturated heterocycles. The third-order valence-electron chi connectivity index (χ3n) is 4.41. The number of benzene rings is 2. The summed E-state index contributed by atoms with van der Waals surface area (Å²) >= 11 is 0. The van der Waals surface area contributed by atoms with Crippen LogP contribution in [0.5, 0.6) is 17.2 Å². The molecule has 0 aliphatic carbocycles. The molecule has 134 valence electrons. The number of aromatic nitrogens is 3. The summed E-state index contributed by atoms with van der Waals surface area (Å²) in [6.07, 6.45) is 1.75. The molecule has 0 spiro atoms. The fourth-order valence-electron chi connectivity index (χ4n) is 3.07. The number of fused-ring (bicyclic) bond motifs is 2. The highest BCUT2D eigenvalue weighted by atomic mass is 16.7. The quantitative estimate of drug-likeness (QED) is 0.580. The second-order valence-electron chi connectivity index (χ2n) is 6.22. The van der Waals surface area contributed by atoms with Gasteiger partial charge in [-0.1, -0.05) is 18.2 Å². The number of nitrogens with one attached hydrogen (secondary N) is 1. The molecule has 0 atom stereocenters. The second-order valence-corrected chi connectivity index (χ2v) is 6.22. The predicted molar refractivity (Wildman–Crippen MR) is 100.0 cm³/mol. The van der Waals surface area contributed by atoms with Crippen molar-refractivity contribution in [1.29, 1.82) is 0 Å². The van der Waals surface area contributed by atoms with E-state index in [1.807, 2.05) is 36.4 Å². The number of anilines is 1. The van der Waals surface area contributed by atoms with Gasteiger partial charge in [0, 0.05) is 12.1 Å². The van der Waals surface area contributed by atoms with Crippen LogP contribution in [0.4, 0.5) is 5.82 Å². The van der Waals surface area contributed by atoms with Crippen molar-refractivity contribution >= 4 is 11.5 Å². The molecular formula is C20H16N4O3. The summed E-state index contributed by atoms with van der Waals surface area (Å²) < 4.78 is 12.5. The summed E-state index contributed by atoms with van der Waals surface area (Å²) in [5, 5.41) is 17.7. The van der Waals surface area contributed by atoms with Crippen LogP contribution in [-0.4, -0.2) is 26.5 Å². The summed E-state index contributed by atoms with van der Waals surface area (Å²) in [6, 6.07) is 16.7. The van der Waals surface area contributed by atoms with Crippen LogP contribution >= 0.6 is 0 Å². The Morgan fingerprint density at radius 2 is 1.96 bits per heavy atom. The lowest BCUT2D eigenvalue weighted by Gasteiger charge is -2.08. The summed E-state index contributed by atoms with van der Waals surface area (Å²) in [6.45, 7) is 0.869. The Morgan fingerprint density at radius 3 is 2.89 bits per heavy atom. The van der Waals surface area contributed by atoms with Crippen LogP contribution in [0.1, 0.15) is 5.56 Å². The van der Waals surface area contributed by atoms with E-state index in [2.05, 4.69) is 15.4 Å². The third-order valence-corrected chi connectivity index (χ3v) is 4.41.